The molecule has 1 N–H and O–H groups in total. The van der Waals surface area contributed by atoms with E-state index in [0.29, 0.717) is 15.7 Å². The molecule has 5 nitrogen and oxygen atoms in total. The molecular weight excluding hydrogens is 337 g/mol. The molecule has 0 aliphatic rings. The van der Waals surface area contributed by atoms with Gasteiger partial charge in [0.1, 0.15) is 0 Å². The van der Waals surface area contributed by atoms with Crippen LogP contribution in [0.25, 0.3) is 0 Å². The van der Waals surface area contributed by atoms with Gasteiger partial charge in [-0.2, -0.15) is 0 Å². The number of carbonyl (C=O) groups excluding carboxylic acids is 1. The van der Waals surface area contributed by atoms with E-state index in [4.69, 9.17) is 28.0 Å². The van der Waals surface area contributed by atoms with Gasteiger partial charge in [-0.25, -0.2) is 4.79 Å². The van der Waals surface area contributed by atoms with E-state index in [-0.39, 0.29) is 0 Å². The topological polar surface area (TPSA) is 53.9 Å². The lowest BCUT2D eigenvalue weighted by Gasteiger charge is -2.11. The molecule has 120 valence electrons. The summed E-state index contributed by atoms with van der Waals surface area (Å²) in [6.07, 6.45) is 0.734. The maximum absolute atomic E-state index is 11.6. The average molecular weight is 352 g/mol. The molecule has 1 amide bonds. The van der Waals surface area contributed by atoms with E-state index in [0.717, 1.165) is 11.3 Å². The molecule has 2 aromatic rings. The quantitative estimate of drug-likeness (QED) is 0.495. The minimum absolute atomic E-state index is 0.342. The van der Waals surface area contributed by atoms with Crippen LogP contribution in [0.2, 0.25) is 10.0 Å². The molecule has 23 heavy (non-hydrogen) atoms. The molecule has 0 heterocycles. The zero-order valence-electron chi connectivity index (χ0n) is 12.6. The summed E-state index contributed by atoms with van der Waals surface area (Å²) in [5.41, 5.74) is 2.35. The summed E-state index contributed by atoms with van der Waals surface area (Å²) < 4.78 is 0. The van der Waals surface area contributed by atoms with Gasteiger partial charge in [0.15, 0.2) is 0 Å². The second-order valence-electron chi connectivity index (χ2n) is 4.85. The highest BCUT2D eigenvalue weighted by atomic mass is 35.5. The standard InChI is InChI=1S/C16H15Cl2N3O2/c1-21(2)13-6-3-11(4-7-13)10-19-23-16(22)20-12-5-8-14(17)15(18)9-12/h3-10H,1-2H3,(H,20,22)/b19-10-. The Morgan fingerprint density at radius 3 is 2.43 bits per heavy atom. The molecule has 0 saturated carbocycles. The summed E-state index contributed by atoms with van der Waals surface area (Å²) in [6, 6.07) is 12.3. The van der Waals surface area contributed by atoms with E-state index >= 15 is 0 Å². The Morgan fingerprint density at radius 1 is 1.13 bits per heavy atom. The van der Waals surface area contributed by atoms with E-state index in [2.05, 4.69) is 10.5 Å². The average Bonchev–Trinajstić information content (AvgIpc) is 2.51. The number of hydrogen-bond acceptors (Lipinski definition) is 4. The molecule has 0 unspecified atom stereocenters. The van der Waals surface area contributed by atoms with E-state index in [9.17, 15) is 4.79 Å². The van der Waals surface area contributed by atoms with Crippen molar-refractivity contribution in [3.05, 3.63) is 58.1 Å². The van der Waals surface area contributed by atoms with Crippen molar-refractivity contribution in [2.45, 2.75) is 0 Å². The highest BCUT2D eigenvalue weighted by Gasteiger charge is 2.05. The molecule has 0 aliphatic heterocycles. The van der Waals surface area contributed by atoms with Gasteiger partial charge in [0, 0.05) is 25.5 Å². The molecule has 0 aromatic heterocycles. The molecule has 2 aromatic carbocycles. The summed E-state index contributed by atoms with van der Waals surface area (Å²) in [6.45, 7) is 0. The lowest BCUT2D eigenvalue weighted by Crippen LogP contribution is -2.10. The third-order valence-electron chi connectivity index (χ3n) is 2.91. The number of benzene rings is 2. The first-order valence-electron chi connectivity index (χ1n) is 6.69. The molecule has 0 fully saturated rings. The number of amides is 1. The lowest BCUT2D eigenvalue weighted by molar-refractivity contribution is 0.167. The van der Waals surface area contributed by atoms with Crippen LogP contribution in [0.15, 0.2) is 47.6 Å². The van der Waals surface area contributed by atoms with E-state index < -0.39 is 6.09 Å². The highest BCUT2D eigenvalue weighted by molar-refractivity contribution is 6.42. The molecule has 0 atom stereocenters. The number of rotatable bonds is 4. The van der Waals surface area contributed by atoms with Crippen LogP contribution in [0.5, 0.6) is 0 Å². The van der Waals surface area contributed by atoms with Crippen LogP contribution in [0.4, 0.5) is 16.2 Å². The largest absolute Gasteiger partial charge is 0.437 e. The van der Waals surface area contributed by atoms with Crippen LogP contribution in [0.3, 0.4) is 0 Å². The van der Waals surface area contributed by atoms with Crippen LogP contribution in [0, 0.1) is 0 Å². The van der Waals surface area contributed by atoms with Gasteiger partial charge in [0.25, 0.3) is 0 Å². The van der Waals surface area contributed by atoms with Crippen molar-refractivity contribution in [1.29, 1.82) is 0 Å². The van der Waals surface area contributed by atoms with Gasteiger partial charge in [-0.15, -0.1) is 0 Å². The van der Waals surface area contributed by atoms with Crippen LogP contribution in [-0.4, -0.2) is 26.4 Å². The summed E-state index contributed by atoms with van der Waals surface area (Å²) in [5.74, 6) is 0. The third-order valence-corrected chi connectivity index (χ3v) is 3.65. The molecule has 0 radical (unpaired) electrons. The Balaban J connectivity index is 1.89. The monoisotopic (exact) mass is 351 g/mol. The normalized spacial score (nSPS) is 10.6. The minimum atomic E-state index is -0.718. The van der Waals surface area contributed by atoms with Crippen molar-refractivity contribution in [1.82, 2.24) is 0 Å². The second kappa shape index (κ2) is 7.85. The van der Waals surface area contributed by atoms with Gasteiger partial charge in [-0.1, -0.05) is 40.5 Å². The number of anilines is 2. The van der Waals surface area contributed by atoms with Crippen LogP contribution in [0.1, 0.15) is 5.56 Å². The fourth-order valence-electron chi connectivity index (χ4n) is 1.71. The summed E-state index contributed by atoms with van der Waals surface area (Å²) in [4.78, 5) is 18.3. The smallest absolute Gasteiger partial charge is 0.378 e. The Kier molecular flexibility index (Phi) is 5.84. The van der Waals surface area contributed by atoms with E-state index in [1.807, 2.05) is 43.3 Å². The van der Waals surface area contributed by atoms with Crippen molar-refractivity contribution in [3.8, 4) is 0 Å². The van der Waals surface area contributed by atoms with Gasteiger partial charge in [-0.3, -0.25) is 10.2 Å². The first-order valence-corrected chi connectivity index (χ1v) is 7.45. The number of nitrogens with one attached hydrogen (secondary N) is 1. The molecule has 0 saturated heterocycles. The van der Waals surface area contributed by atoms with E-state index in [1.54, 1.807) is 12.1 Å². The molecule has 0 aliphatic carbocycles. The van der Waals surface area contributed by atoms with Crippen LogP contribution < -0.4 is 10.2 Å². The Hall–Kier alpha value is -2.24. The van der Waals surface area contributed by atoms with Crippen LogP contribution >= 0.6 is 23.2 Å². The first-order chi connectivity index (χ1) is 11.0. The van der Waals surface area contributed by atoms with Gasteiger partial charge in [0.2, 0.25) is 0 Å². The Morgan fingerprint density at radius 2 is 1.83 bits per heavy atom. The summed E-state index contributed by atoms with van der Waals surface area (Å²) in [7, 11) is 3.92. The zero-order chi connectivity index (χ0) is 16.8. The number of carbonyl (C=O) groups is 1. The first kappa shape index (κ1) is 17.1. The lowest BCUT2D eigenvalue weighted by atomic mass is 10.2. The van der Waals surface area contributed by atoms with Crippen molar-refractivity contribution in [3.63, 3.8) is 0 Å². The molecule has 0 spiro atoms. The maximum atomic E-state index is 11.6. The van der Waals surface area contributed by atoms with E-state index in [1.165, 1.54) is 12.3 Å². The van der Waals surface area contributed by atoms with Gasteiger partial charge < -0.3 is 4.90 Å². The Bertz CT molecular complexity index is 716. The third kappa shape index (κ3) is 5.16. The SMILES string of the molecule is CN(C)c1ccc(/C=N\OC(=O)Nc2ccc(Cl)c(Cl)c2)cc1. The molecule has 2 rings (SSSR count). The molecular formula is C16H15Cl2N3O2. The molecule has 0 bridgehead atoms. The van der Waals surface area contributed by atoms with Crippen molar-refractivity contribution in [2.75, 3.05) is 24.3 Å². The maximum Gasteiger partial charge on any atom is 0.437 e. The predicted octanol–water partition coefficient (Wildman–Crippen LogP) is 4.64. The van der Waals surface area contributed by atoms with Crippen LogP contribution in [-0.2, 0) is 4.84 Å². The van der Waals surface area contributed by atoms with Crippen molar-refractivity contribution >= 4 is 46.9 Å². The number of halogens is 2. The number of oxime groups is 1. The van der Waals surface area contributed by atoms with Gasteiger partial charge in [-0.05, 0) is 35.9 Å². The zero-order valence-corrected chi connectivity index (χ0v) is 14.1. The minimum Gasteiger partial charge on any atom is -0.378 e. The fourth-order valence-corrected chi connectivity index (χ4v) is 2.01. The number of hydrogen-bond donors (Lipinski definition) is 1. The Labute approximate surface area is 144 Å². The highest BCUT2D eigenvalue weighted by Crippen LogP contribution is 2.25. The summed E-state index contributed by atoms with van der Waals surface area (Å²) >= 11 is 11.7. The molecule has 7 heteroatoms. The fraction of sp³-hybridized carbons (Fsp3) is 0.125. The summed E-state index contributed by atoms with van der Waals surface area (Å²) in [5, 5.41) is 6.89. The number of nitrogens with zero attached hydrogens (tertiary/aromatic N) is 2. The van der Waals surface area contributed by atoms with Gasteiger partial charge in [0.05, 0.1) is 16.3 Å². The van der Waals surface area contributed by atoms with Crippen molar-refractivity contribution < 1.29 is 9.63 Å². The van der Waals surface area contributed by atoms with Gasteiger partial charge >= 0.3 is 6.09 Å². The predicted molar refractivity (Wildman–Crippen MR) is 94.9 cm³/mol. The van der Waals surface area contributed by atoms with Crippen molar-refractivity contribution in [2.24, 2.45) is 5.16 Å². The second-order valence-corrected chi connectivity index (χ2v) is 5.67.